The van der Waals surface area contributed by atoms with Crippen molar-refractivity contribution in [2.75, 3.05) is 0 Å². The molecule has 0 fully saturated rings. The molecule has 0 bridgehead atoms. The van der Waals surface area contributed by atoms with Gasteiger partial charge < -0.3 is 0 Å². The minimum atomic E-state index is 0.150. The Morgan fingerprint density at radius 1 is 0.283 bits per heavy atom. The molecule has 2 heterocycles. The summed E-state index contributed by atoms with van der Waals surface area (Å²) in [6, 6.07) is 77.2. The number of thiophene rings is 1. The molecule has 0 aliphatic rings. The van der Waals surface area contributed by atoms with E-state index in [2.05, 4.69) is 206 Å². The van der Waals surface area contributed by atoms with Crippen LogP contribution in [-0.4, -0.2) is 14.5 Å². The van der Waals surface area contributed by atoms with Crippen LogP contribution >= 0.6 is 11.3 Å². The van der Waals surface area contributed by atoms with Gasteiger partial charge in [-0.05, 0) is 6.07 Å². The molecule has 0 N–H and O–H groups in total. The summed E-state index contributed by atoms with van der Waals surface area (Å²) >= 11 is 2.06. The zero-order valence-corrected chi connectivity index (χ0v) is 35.0. The SMILES string of the molecule is c1ccc(-c2c3ccccc3c(-c3cccc4c3[se]c3ccc(-c5c6ccccc6c(-c6cccc7c6sc6ccccc67)c6ccccc56)cc34)c3ccccc23)cc1. The van der Waals surface area contributed by atoms with Gasteiger partial charge in [-0.15, -0.1) is 0 Å². The molecule has 0 nitrogen and oxygen atoms in total. The number of benzene rings is 11. The second-order valence-corrected chi connectivity index (χ2v) is 19.1. The molecule has 2 aromatic heterocycles. The molecule has 0 saturated heterocycles. The molecule has 0 amide bonds. The summed E-state index contributed by atoms with van der Waals surface area (Å²) in [6.45, 7) is 0. The molecule has 0 radical (unpaired) electrons. The molecule has 2 heteroatoms. The summed E-state index contributed by atoms with van der Waals surface area (Å²) in [5.41, 5.74) is 10.5. The van der Waals surface area contributed by atoms with Crippen LogP contribution in [0.3, 0.4) is 0 Å². The van der Waals surface area contributed by atoms with Gasteiger partial charge in [0.15, 0.2) is 0 Å². The van der Waals surface area contributed by atoms with E-state index in [0.717, 1.165) is 0 Å². The standard InChI is InChI=1S/C58H34SSe/c1-2-16-35(17-3-1)53-38-19-4-10-25-44(38)56(45-26-11-5-20-39(45)53)49-30-15-28-47-50-34-36(32-33-52(50)60-58(47)49)54-40-21-6-8-23-42(40)55(43-24-9-7-22-41(43)54)48-29-14-27-46-37-18-12-13-31-51(37)59-57(46)48/h1-34H. The van der Waals surface area contributed by atoms with Gasteiger partial charge in [0.25, 0.3) is 0 Å². The van der Waals surface area contributed by atoms with Gasteiger partial charge in [0, 0.05) is 0 Å². The molecular weight excluding hydrogens is 808 g/mol. The maximum atomic E-state index is 2.50. The monoisotopic (exact) mass is 842 g/mol. The first-order valence-electron chi connectivity index (χ1n) is 20.6. The quantitative estimate of drug-likeness (QED) is 0.122. The summed E-state index contributed by atoms with van der Waals surface area (Å²) < 4.78 is 5.61. The van der Waals surface area contributed by atoms with Crippen LogP contribution in [0, 0.1) is 0 Å². The Labute approximate surface area is 357 Å². The van der Waals surface area contributed by atoms with E-state index >= 15 is 0 Å². The predicted molar refractivity (Wildman–Crippen MR) is 263 cm³/mol. The van der Waals surface area contributed by atoms with Crippen molar-refractivity contribution < 1.29 is 0 Å². The van der Waals surface area contributed by atoms with Crippen LogP contribution in [-0.2, 0) is 0 Å². The van der Waals surface area contributed by atoms with E-state index in [1.54, 1.807) is 0 Å². The van der Waals surface area contributed by atoms with Crippen molar-refractivity contribution in [1.82, 2.24) is 0 Å². The van der Waals surface area contributed by atoms with Gasteiger partial charge >= 0.3 is 335 Å². The van der Waals surface area contributed by atoms with Crippen LogP contribution in [0.4, 0.5) is 0 Å². The van der Waals surface area contributed by atoms with Crippen LogP contribution < -0.4 is 0 Å². The van der Waals surface area contributed by atoms with Crippen LogP contribution in [0.5, 0.6) is 0 Å². The second kappa shape index (κ2) is 13.4. The van der Waals surface area contributed by atoms with Crippen molar-refractivity contribution in [3.05, 3.63) is 206 Å². The molecular formula is C58H34SSe. The Bertz CT molecular complexity index is 3770. The molecule has 0 spiro atoms. The summed E-state index contributed by atoms with van der Waals surface area (Å²) in [5.74, 6) is 0. The van der Waals surface area contributed by atoms with Crippen molar-refractivity contribution >= 4 is 108 Å². The molecule has 0 atom stereocenters. The molecule has 0 saturated carbocycles. The first kappa shape index (κ1) is 34.1. The molecule has 11 aromatic carbocycles. The van der Waals surface area contributed by atoms with Crippen LogP contribution in [0.2, 0.25) is 0 Å². The van der Waals surface area contributed by atoms with E-state index in [1.807, 2.05) is 11.3 Å². The van der Waals surface area contributed by atoms with Crippen LogP contribution in [0.25, 0.3) is 127 Å². The molecule has 60 heavy (non-hydrogen) atoms. The molecule has 0 aliphatic heterocycles. The molecule has 13 aromatic rings. The van der Waals surface area contributed by atoms with Crippen molar-refractivity contribution in [3.8, 4) is 44.5 Å². The van der Waals surface area contributed by atoms with Crippen molar-refractivity contribution in [1.29, 1.82) is 0 Å². The summed E-state index contributed by atoms with van der Waals surface area (Å²) in [4.78, 5) is 0. The molecule has 0 unspecified atom stereocenters. The third kappa shape index (κ3) is 4.97. The normalized spacial score (nSPS) is 12.0. The van der Waals surface area contributed by atoms with E-state index in [1.165, 1.54) is 127 Å². The first-order chi connectivity index (χ1) is 29.8. The van der Waals surface area contributed by atoms with E-state index in [-0.39, 0.29) is 14.5 Å². The van der Waals surface area contributed by atoms with E-state index in [4.69, 9.17) is 0 Å². The predicted octanol–water partition coefficient (Wildman–Crippen LogP) is 16.7. The average molecular weight is 842 g/mol. The Kier molecular flexibility index (Phi) is 7.59. The number of fused-ring (bicyclic) bond motifs is 10. The fourth-order valence-electron chi connectivity index (χ4n) is 10.2. The number of hydrogen-bond donors (Lipinski definition) is 0. The molecule has 13 rings (SSSR count). The Balaban J connectivity index is 1.06. The van der Waals surface area contributed by atoms with E-state index in [9.17, 15) is 0 Å². The van der Waals surface area contributed by atoms with E-state index in [0.29, 0.717) is 0 Å². The van der Waals surface area contributed by atoms with Crippen LogP contribution in [0.1, 0.15) is 0 Å². The van der Waals surface area contributed by atoms with Crippen molar-refractivity contribution in [2.24, 2.45) is 0 Å². The fraction of sp³-hybridized carbons (Fsp3) is 0. The Hall–Kier alpha value is -6.80. The van der Waals surface area contributed by atoms with Gasteiger partial charge in [-0.25, -0.2) is 0 Å². The van der Waals surface area contributed by atoms with Crippen molar-refractivity contribution in [2.45, 2.75) is 0 Å². The van der Waals surface area contributed by atoms with Gasteiger partial charge in [0.1, 0.15) is 0 Å². The van der Waals surface area contributed by atoms with Crippen molar-refractivity contribution in [3.63, 3.8) is 0 Å². The summed E-state index contributed by atoms with van der Waals surface area (Å²) in [6.07, 6.45) is 0. The third-order valence-corrected chi connectivity index (χ3v) is 16.4. The van der Waals surface area contributed by atoms with Gasteiger partial charge in [-0.1, -0.05) is 18.2 Å². The van der Waals surface area contributed by atoms with Gasteiger partial charge in [0.2, 0.25) is 0 Å². The van der Waals surface area contributed by atoms with Gasteiger partial charge in [0.05, 0.1) is 0 Å². The average Bonchev–Trinajstić information content (AvgIpc) is 3.89. The molecule has 0 aliphatic carbocycles. The van der Waals surface area contributed by atoms with Crippen LogP contribution in [0.15, 0.2) is 206 Å². The van der Waals surface area contributed by atoms with Gasteiger partial charge in [-0.3, -0.25) is 0 Å². The zero-order chi connectivity index (χ0) is 39.3. The molecule has 278 valence electrons. The zero-order valence-electron chi connectivity index (χ0n) is 32.4. The Morgan fingerprint density at radius 2 is 0.733 bits per heavy atom. The summed E-state index contributed by atoms with van der Waals surface area (Å²) in [7, 11) is 0. The van der Waals surface area contributed by atoms with Gasteiger partial charge in [-0.2, -0.15) is 0 Å². The first-order valence-corrected chi connectivity index (χ1v) is 23.1. The topological polar surface area (TPSA) is 0 Å². The maximum absolute atomic E-state index is 2.50. The minimum absolute atomic E-state index is 0.150. The number of hydrogen-bond acceptors (Lipinski definition) is 1. The number of rotatable bonds is 4. The Morgan fingerprint density at radius 3 is 1.33 bits per heavy atom. The summed E-state index contributed by atoms with van der Waals surface area (Å²) in [5, 5.41) is 15.8. The van der Waals surface area contributed by atoms with E-state index < -0.39 is 0 Å². The third-order valence-electron chi connectivity index (χ3n) is 12.7. The second-order valence-electron chi connectivity index (χ2n) is 15.8. The fourth-order valence-corrected chi connectivity index (χ4v) is 13.9.